The van der Waals surface area contributed by atoms with Crippen molar-refractivity contribution in [3.63, 3.8) is 0 Å². The third kappa shape index (κ3) is 4.17. The quantitative estimate of drug-likeness (QED) is 0.290. The van der Waals surface area contributed by atoms with Crippen molar-refractivity contribution in [2.24, 2.45) is 0 Å². The van der Waals surface area contributed by atoms with Crippen molar-refractivity contribution in [3.05, 3.63) is 107 Å². The van der Waals surface area contributed by atoms with E-state index < -0.39 is 17.3 Å². The van der Waals surface area contributed by atoms with Crippen LogP contribution in [0.5, 0.6) is 11.5 Å². The van der Waals surface area contributed by atoms with E-state index in [0.29, 0.717) is 30.3 Å². The second-order valence-corrected chi connectivity index (χ2v) is 9.43. The second kappa shape index (κ2) is 9.40. The lowest BCUT2D eigenvalue weighted by Crippen LogP contribution is -2.37. The van der Waals surface area contributed by atoms with Crippen molar-refractivity contribution in [1.29, 1.82) is 0 Å². The van der Waals surface area contributed by atoms with Gasteiger partial charge < -0.3 is 19.1 Å². The summed E-state index contributed by atoms with van der Waals surface area (Å²) in [6.45, 7) is 2.82. The minimum Gasteiger partial charge on any atom is -0.497 e. The Morgan fingerprint density at radius 1 is 0.842 bits per heavy atom. The standard InChI is InChI=1S/C31H26F3NO3/c1-36-24-12-10-22(11-13-24)30(21-6-8-23(9-7-21)31(32,33)34)15-14-27-25-4-2-3-5-26(25)28(20-29(27)38-30)35-16-18-37-19-17-35/h2-15,20H,16-19H2,1H3. The van der Waals surface area contributed by atoms with Crippen molar-refractivity contribution in [1.82, 2.24) is 0 Å². The summed E-state index contributed by atoms with van der Waals surface area (Å²) in [5, 5.41) is 2.17. The van der Waals surface area contributed by atoms with Gasteiger partial charge in [-0.05, 0) is 41.8 Å². The molecule has 0 N–H and O–H groups in total. The lowest BCUT2D eigenvalue weighted by molar-refractivity contribution is -0.137. The fourth-order valence-electron chi connectivity index (χ4n) is 5.31. The van der Waals surface area contributed by atoms with Gasteiger partial charge in [-0.15, -0.1) is 0 Å². The van der Waals surface area contributed by atoms with Crippen LogP contribution in [0.4, 0.5) is 18.9 Å². The maximum absolute atomic E-state index is 13.4. The first-order chi connectivity index (χ1) is 18.4. The highest BCUT2D eigenvalue weighted by molar-refractivity contribution is 6.02. The summed E-state index contributed by atoms with van der Waals surface area (Å²) in [6, 6.07) is 22.9. The highest BCUT2D eigenvalue weighted by atomic mass is 19.4. The molecule has 0 amide bonds. The van der Waals surface area contributed by atoms with E-state index in [1.165, 1.54) is 12.1 Å². The number of morpholine rings is 1. The summed E-state index contributed by atoms with van der Waals surface area (Å²) < 4.78 is 57.8. The molecule has 6 rings (SSSR count). The maximum atomic E-state index is 13.4. The SMILES string of the molecule is COc1ccc(C2(c3ccc(C(F)(F)F)cc3)C=Cc3c(cc(N4CCOCC4)c4ccccc34)O2)cc1. The van der Waals surface area contributed by atoms with Gasteiger partial charge in [-0.1, -0.05) is 48.5 Å². The Labute approximate surface area is 218 Å². The Kier molecular flexibility index (Phi) is 6.03. The minimum atomic E-state index is -4.42. The number of fused-ring (bicyclic) bond motifs is 3. The molecule has 7 heteroatoms. The highest BCUT2D eigenvalue weighted by Gasteiger charge is 2.39. The van der Waals surface area contributed by atoms with E-state index in [1.807, 2.05) is 48.6 Å². The molecule has 0 aliphatic carbocycles. The van der Waals surface area contributed by atoms with E-state index in [1.54, 1.807) is 7.11 Å². The molecule has 1 atom stereocenters. The molecular formula is C31H26F3NO3. The van der Waals surface area contributed by atoms with Crippen LogP contribution in [0.15, 0.2) is 84.9 Å². The molecule has 38 heavy (non-hydrogen) atoms. The third-order valence-electron chi connectivity index (χ3n) is 7.29. The lowest BCUT2D eigenvalue weighted by atomic mass is 9.82. The Hall–Kier alpha value is -3.97. The second-order valence-electron chi connectivity index (χ2n) is 9.43. The van der Waals surface area contributed by atoms with Gasteiger partial charge in [-0.2, -0.15) is 13.2 Å². The van der Waals surface area contributed by atoms with Gasteiger partial charge in [0.15, 0.2) is 5.60 Å². The summed E-state index contributed by atoms with van der Waals surface area (Å²) in [5.74, 6) is 1.35. The zero-order valence-electron chi connectivity index (χ0n) is 20.8. The van der Waals surface area contributed by atoms with Gasteiger partial charge in [-0.3, -0.25) is 0 Å². The molecule has 194 valence electrons. The van der Waals surface area contributed by atoms with E-state index in [9.17, 15) is 13.2 Å². The van der Waals surface area contributed by atoms with Crippen LogP contribution in [0, 0.1) is 0 Å². The van der Waals surface area contributed by atoms with Gasteiger partial charge in [0.25, 0.3) is 0 Å². The van der Waals surface area contributed by atoms with Crippen LogP contribution in [0.3, 0.4) is 0 Å². The number of halogens is 3. The molecule has 2 aliphatic rings. The van der Waals surface area contributed by atoms with Crippen LogP contribution in [0.1, 0.15) is 22.3 Å². The fraction of sp³-hybridized carbons (Fsp3) is 0.226. The monoisotopic (exact) mass is 517 g/mol. The average molecular weight is 518 g/mol. The van der Waals surface area contributed by atoms with E-state index in [-0.39, 0.29) is 0 Å². The van der Waals surface area contributed by atoms with Crippen molar-refractivity contribution >= 4 is 22.5 Å². The van der Waals surface area contributed by atoms with Crippen molar-refractivity contribution in [3.8, 4) is 11.5 Å². The van der Waals surface area contributed by atoms with Gasteiger partial charge in [0.05, 0.1) is 25.9 Å². The zero-order chi connectivity index (χ0) is 26.3. The van der Waals surface area contributed by atoms with Gasteiger partial charge in [0.1, 0.15) is 11.5 Å². The van der Waals surface area contributed by atoms with Crippen LogP contribution in [0.2, 0.25) is 0 Å². The Morgan fingerprint density at radius 2 is 1.47 bits per heavy atom. The fourth-order valence-corrected chi connectivity index (χ4v) is 5.31. The smallest absolute Gasteiger partial charge is 0.416 e. The molecule has 1 fully saturated rings. The molecule has 1 saturated heterocycles. The summed E-state index contributed by atoms with van der Waals surface area (Å²) in [7, 11) is 1.59. The molecule has 0 radical (unpaired) electrons. The zero-order valence-corrected chi connectivity index (χ0v) is 20.8. The van der Waals surface area contributed by atoms with Crippen LogP contribution >= 0.6 is 0 Å². The van der Waals surface area contributed by atoms with E-state index in [2.05, 4.69) is 23.1 Å². The average Bonchev–Trinajstić information content (AvgIpc) is 2.96. The van der Waals surface area contributed by atoms with Gasteiger partial charge in [0, 0.05) is 46.9 Å². The van der Waals surface area contributed by atoms with Crippen LogP contribution < -0.4 is 14.4 Å². The maximum Gasteiger partial charge on any atom is 0.416 e. The lowest BCUT2D eigenvalue weighted by Gasteiger charge is -2.38. The molecular weight excluding hydrogens is 491 g/mol. The highest BCUT2D eigenvalue weighted by Crippen LogP contribution is 2.47. The Balaban J connectivity index is 1.53. The van der Waals surface area contributed by atoms with Gasteiger partial charge in [0.2, 0.25) is 0 Å². The van der Waals surface area contributed by atoms with E-state index in [0.717, 1.165) is 52.8 Å². The molecule has 4 aromatic carbocycles. The van der Waals surface area contributed by atoms with Crippen molar-refractivity contribution < 1.29 is 27.4 Å². The first-order valence-electron chi connectivity index (χ1n) is 12.5. The van der Waals surface area contributed by atoms with E-state index >= 15 is 0 Å². The topological polar surface area (TPSA) is 30.9 Å². The van der Waals surface area contributed by atoms with Crippen LogP contribution in [-0.4, -0.2) is 33.4 Å². The number of methoxy groups -OCH3 is 1. The van der Waals surface area contributed by atoms with Crippen molar-refractivity contribution in [2.45, 2.75) is 11.8 Å². The molecule has 4 aromatic rings. The number of hydrogen-bond donors (Lipinski definition) is 0. The normalized spacial score (nSPS) is 19.2. The number of nitrogens with zero attached hydrogens (tertiary/aromatic N) is 1. The summed E-state index contributed by atoms with van der Waals surface area (Å²) in [5.41, 5.74) is 1.53. The predicted molar refractivity (Wildman–Crippen MR) is 142 cm³/mol. The Bertz CT molecular complexity index is 1490. The molecule has 4 nitrogen and oxygen atoms in total. The molecule has 0 spiro atoms. The number of hydrogen-bond acceptors (Lipinski definition) is 4. The number of ether oxygens (including phenoxy) is 3. The number of alkyl halides is 3. The number of anilines is 1. The van der Waals surface area contributed by atoms with Gasteiger partial charge in [-0.25, -0.2) is 0 Å². The predicted octanol–water partition coefficient (Wildman–Crippen LogP) is 7.05. The Morgan fingerprint density at radius 3 is 2.11 bits per heavy atom. The first kappa shape index (κ1) is 24.4. The molecule has 2 aliphatic heterocycles. The van der Waals surface area contributed by atoms with E-state index in [4.69, 9.17) is 14.2 Å². The molecule has 0 aromatic heterocycles. The van der Waals surface area contributed by atoms with Crippen molar-refractivity contribution in [2.75, 3.05) is 38.3 Å². The summed E-state index contributed by atoms with van der Waals surface area (Å²) in [4.78, 5) is 2.29. The van der Waals surface area contributed by atoms with Crippen LogP contribution in [-0.2, 0) is 16.5 Å². The molecule has 2 heterocycles. The molecule has 1 unspecified atom stereocenters. The number of rotatable bonds is 4. The van der Waals surface area contributed by atoms with Crippen LogP contribution in [0.25, 0.3) is 16.8 Å². The number of benzene rings is 4. The molecule has 0 saturated carbocycles. The largest absolute Gasteiger partial charge is 0.497 e. The molecule has 0 bridgehead atoms. The third-order valence-corrected chi connectivity index (χ3v) is 7.29. The summed E-state index contributed by atoms with van der Waals surface area (Å²) >= 11 is 0. The summed E-state index contributed by atoms with van der Waals surface area (Å²) in [6.07, 6.45) is -0.472. The minimum absolute atomic E-state index is 0.596. The van der Waals surface area contributed by atoms with Gasteiger partial charge >= 0.3 is 6.18 Å². The first-order valence-corrected chi connectivity index (χ1v) is 12.5.